The number of alkyl halides is 2. The van der Waals surface area contributed by atoms with Crippen molar-refractivity contribution in [1.29, 1.82) is 0 Å². The third-order valence-corrected chi connectivity index (χ3v) is 8.63. The number of benzene rings is 2. The van der Waals surface area contributed by atoms with E-state index in [1.54, 1.807) is 32.3 Å². The van der Waals surface area contributed by atoms with Gasteiger partial charge in [-0.3, -0.25) is 9.59 Å². The van der Waals surface area contributed by atoms with Crippen molar-refractivity contribution in [2.24, 2.45) is 5.92 Å². The zero-order chi connectivity index (χ0) is 33.8. The highest BCUT2D eigenvalue weighted by atomic mass is 35.5. The summed E-state index contributed by atoms with van der Waals surface area (Å²) in [7, 11) is 3.21. The number of aromatic nitrogens is 1. The monoisotopic (exact) mass is 691 g/mol. The van der Waals surface area contributed by atoms with Crippen LogP contribution >= 0.6 is 23.2 Å². The number of amides is 2. The maximum atomic E-state index is 13.8. The van der Waals surface area contributed by atoms with Crippen LogP contribution in [0.1, 0.15) is 63.6 Å². The summed E-state index contributed by atoms with van der Waals surface area (Å²) >= 11 is 12.7. The Bertz CT molecular complexity index is 1630. The third-order valence-electron chi connectivity index (χ3n) is 7.98. The van der Waals surface area contributed by atoms with Crippen molar-refractivity contribution >= 4 is 41.0 Å². The molecule has 1 saturated carbocycles. The molecule has 1 aliphatic heterocycles. The first-order valence-corrected chi connectivity index (χ1v) is 15.8. The smallest absolute Gasteiger partial charge is 0.387 e. The van der Waals surface area contributed by atoms with Gasteiger partial charge in [-0.05, 0) is 67.5 Å². The number of halogens is 4. The summed E-state index contributed by atoms with van der Waals surface area (Å²) in [6.45, 7) is -2.51. The summed E-state index contributed by atoms with van der Waals surface area (Å²) in [4.78, 5) is 42.7. The summed E-state index contributed by atoms with van der Waals surface area (Å²) in [6.07, 6.45) is 3.83. The topological polar surface area (TPSA) is 112 Å². The molecule has 14 heteroatoms. The van der Waals surface area contributed by atoms with E-state index >= 15 is 0 Å². The number of nitrogens with zero attached hydrogens (tertiary/aromatic N) is 3. The highest BCUT2D eigenvalue weighted by Crippen LogP contribution is 2.38. The van der Waals surface area contributed by atoms with Crippen molar-refractivity contribution in [2.75, 3.05) is 27.2 Å². The van der Waals surface area contributed by atoms with E-state index in [1.165, 1.54) is 34.1 Å². The fourth-order valence-corrected chi connectivity index (χ4v) is 5.94. The molecule has 47 heavy (non-hydrogen) atoms. The summed E-state index contributed by atoms with van der Waals surface area (Å²) in [5.74, 6) is -1.25. The van der Waals surface area contributed by atoms with E-state index in [0.29, 0.717) is 46.8 Å². The van der Waals surface area contributed by atoms with E-state index in [9.17, 15) is 28.4 Å². The summed E-state index contributed by atoms with van der Waals surface area (Å²) in [5, 5.41) is 12.0. The SMILES string of the molecule is CN(C)C(=O)c1cccc(C(=O)N2CCCC2C(=O)OC(Cc2c(Cl)c[n+]([O-])cc2Cl)c2ccc(OC(F)F)c(OCC3CC3)c2)c1. The van der Waals surface area contributed by atoms with Gasteiger partial charge in [-0.2, -0.15) is 13.5 Å². The van der Waals surface area contributed by atoms with E-state index in [4.69, 9.17) is 32.7 Å². The molecule has 2 atom stereocenters. The van der Waals surface area contributed by atoms with Crippen LogP contribution in [0.2, 0.25) is 10.0 Å². The molecule has 0 N–H and O–H groups in total. The lowest BCUT2D eigenvalue weighted by Crippen LogP contribution is -2.42. The first-order chi connectivity index (χ1) is 22.4. The fraction of sp³-hybridized carbons (Fsp3) is 0.394. The Hall–Kier alpha value is -4.16. The second kappa shape index (κ2) is 14.7. The van der Waals surface area contributed by atoms with Gasteiger partial charge in [0.2, 0.25) is 0 Å². The number of pyridine rings is 1. The molecule has 5 rings (SSSR count). The molecule has 2 aromatic carbocycles. The number of esters is 1. The van der Waals surface area contributed by atoms with Gasteiger partial charge in [0.15, 0.2) is 23.9 Å². The second-order valence-electron chi connectivity index (χ2n) is 11.7. The average Bonchev–Trinajstić information content (AvgIpc) is 3.73. The van der Waals surface area contributed by atoms with Gasteiger partial charge in [0.25, 0.3) is 11.8 Å². The number of ether oxygens (including phenoxy) is 3. The van der Waals surface area contributed by atoms with Crippen molar-refractivity contribution in [3.8, 4) is 11.5 Å². The number of hydrogen-bond donors (Lipinski definition) is 0. The lowest BCUT2D eigenvalue weighted by Gasteiger charge is -2.27. The summed E-state index contributed by atoms with van der Waals surface area (Å²) in [5.41, 5.74) is 1.25. The number of carbonyl (C=O) groups excluding carboxylic acids is 3. The highest BCUT2D eigenvalue weighted by Gasteiger charge is 2.38. The van der Waals surface area contributed by atoms with Gasteiger partial charge in [-0.1, -0.05) is 35.3 Å². The van der Waals surface area contributed by atoms with Crippen molar-refractivity contribution in [1.82, 2.24) is 9.80 Å². The highest BCUT2D eigenvalue weighted by molar-refractivity contribution is 6.35. The standard InChI is InChI=1S/C33H33Cl2F2N3O7/c1-38(2)30(41)21-5-3-6-22(13-21)31(42)40-12-4-7-26(40)32(43)46-28(15-23-24(34)16-39(44)17-25(23)35)20-10-11-27(47-33(36)37)29(14-20)45-18-19-8-9-19/h3,5-6,10-11,13-14,16-17,19,26,28,33H,4,7-9,12,15,18H2,1-2H3. The fourth-order valence-electron chi connectivity index (χ4n) is 5.34. The molecule has 10 nitrogen and oxygen atoms in total. The molecule has 2 fully saturated rings. The molecule has 3 aromatic rings. The van der Waals surface area contributed by atoms with Gasteiger partial charge in [-0.25, -0.2) is 4.79 Å². The first kappa shape index (κ1) is 34.2. The summed E-state index contributed by atoms with van der Waals surface area (Å²) in [6, 6.07) is 9.55. The van der Waals surface area contributed by atoms with E-state index in [1.807, 2.05) is 0 Å². The van der Waals surface area contributed by atoms with Crippen LogP contribution in [0.25, 0.3) is 0 Å². The molecular weight excluding hydrogens is 659 g/mol. The van der Waals surface area contributed by atoms with Crippen molar-refractivity contribution in [2.45, 2.75) is 50.9 Å². The lowest BCUT2D eigenvalue weighted by molar-refractivity contribution is -0.605. The van der Waals surface area contributed by atoms with E-state index in [2.05, 4.69) is 4.74 Å². The van der Waals surface area contributed by atoms with Gasteiger partial charge in [-0.15, -0.1) is 0 Å². The Kier molecular flexibility index (Phi) is 10.7. The normalized spacial score (nSPS) is 16.6. The minimum Gasteiger partial charge on any atom is -0.619 e. The van der Waals surface area contributed by atoms with Crippen LogP contribution in [0.3, 0.4) is 0 Å². The Balaban J connectivity index is 1.44. The van der Waals surface area contributed by atoms with Crippen LogP contribution in [0.4, 0.5) is 8.78 Å². The van der Waals surface area contributed by atoms with E-state index < -0.39 is 30.6 Å². The number of hydrogen-bond acceptors (Lipinski definition) is 7. The Labute approximate surface area is 280 Å². The molecule has 1 saturated heterocycles. The van der Waals surface area contributed by atoms with Gasteiger partial charge < -0.3 is 29.2 Å². The Morgan fingerprint density at radius 1 is 1.02 bits per heavy atom. The largest absolute Gasteiger partial charge is 0.619 e. The van der Waals surface area contributed by atoms with E-state index in [0.717, 1.165) is 25.2 Å². The molecule has 0 spiro atoms. The first-order valence-electron chi connectivity index (χ1n) is 15.0. The van der Waals surface area contributed by atoms with Crippen LogP contribution in [-0.4, -0.2) is 67.5 Å². The van der Waals surface area contributed by atoms with E-state index in [-0.39, 0.29) is 46.0 Å². The predicted molar refractivity (Wildman–Crippen MR) is 168 cm³/mol. The molecule has 2 amide bonds. The Morgan fingerprint density at radius 2 is 1.72 bits per heavy atom. The minimum absolute atomic E-state index is 0.0289. The third kappa shape index (κ3) is 8.41. The molecule has 1 aromatic heterocycles. The molecule has 2 heterocycles. The molecule has 250 valence electrons. The second-order valence-corrected chi connectivity index (χ2v) is 12.5. The molecule has 0 bridgehead atoms. The van der Waals surface area contributed by atoms with Crippen LogP contribution in [-0.2, 0) is 16.0 Å². The van der Waals surface area contributed by atoms with Gasteiger partial charge >= 0.3 is 12.6 Å². The minimum atomic E-state index is -3.09. The molecule has 0 radical (unpaired) electrons. The maximum absolute atomic E-state index is 13.8. The van der Waals surface area contributed by atoms with Gasteiger partial charge in [0, 0.05) is 43.8 Å². The number of rotatable bonds is 12. The van der Waals surface area contributed by atoms with Crippen molar-refractivity contribution in [3.63, 3.8) is 0 Å². The van der Waals surface area contributed by atoms with Crippen molar-refractivity contribution in [3.05, 3.63) is 92.4 Å². The van der Waals surface area contributed by atoms with Crippen LogP contribution < -0.4 is 14.2 Å². The molecule has 2 aliphatic rings. The molecule has 1 aliphatic carbocycles. The average molecular weight is 693 g/mol. The van der Waals surface area contributed by atoms with Crippen molar-refractivity contribution < 1.29 is 42.1 Å². The summed E-state index contributed by atoms with van der Waals surface area (Å²) < 4.78 is 43.4. The molecule has 2 unspecified atom stereocenters. The predicted octanol–water partition coefficient (Wildman–Crippen LogP) is 5.85. The lowest BCUT2D eigenvalue weighted by atomic mass is 10.0. The maximum Gasteiger partial charge on any atom is 0.387 e. The van der Waals surface area contributed by atoms with Crippen LogP contribution in [0.5, 0.6) is 11.5 Å². The van der Waals surface area contributed by atoms with Crippen LogP contribution in [0.15, 0.2) is 54.9 Å². The number of likely N-dealkylation sites (tertiary alicyclic amines) is 1. The zero-order valence-electron chi connectivity index (χ0n) is 25.7. The quantitative estimate of drug-likeness (QED) is 0.133. The number of carbonyl (C=O) groups is 3. The molecular formula is C33H33Cl2F2N3O7. The van der Waals surface area contributed by atoms with Gasteiger partial charge in [0.05, 0.1) is 6.61 Å². The van der Waals surface area contributed by atoms with Gasteiger partial charge in [0.1, 0.15) is 22.2 Å². The zero-order valence-corrected chi connectivity index (χ0v) is 27.2. The Morgan fingerprint density at radius 3 is 2.38 bits per heavy atom. The van der Waals surface area contributed by atoms with Crippen LogP contribution in [0, 0.1) is 11.1 Å².